The number of piperidine rings is 1. The van der Waals surface area contributed by atoms with Crippen LogP contribution in [0.3, 0.4) is 0 Å². The molecule has 2 amide bonds. The smallest absolute Gasteiger partial charge is 0.320 e. The normalized spacial score (nSPS) is 26.2. The van der Waals surface area contributed by atoms with Gasteiger partial charge in [0.2, 0.25) is 0 Å². The number of amides is 2. The molecule has 6 heteroatoms. The fourth-order valence-electron chi connectivity index (χ4n) is 2.62. The van der Waals surface area contributed by atoms with Crippen LogP contribution in [0.25, 0.3) is 0 Å². The molecule has 1 atom stereocenters. The molecule has 0 spiro atoms. The molecule has 0 aromatic carbocycles. The molecule has 0 aliphatic carbocycles. The predicted molar refractivity (Wildman–Crippen MR) is 66.4 cm³/mol. The lowest BCUT2D eigenvalue weighted by atomic mass is 9.97. The average Bonchev–Trinajstić information content (AvgIpc) is 2.38. The third-order valence-corrected chi connectivity index (χ3v) is 3.86. The number of nitrogens with zero attached hydrogens (tertiary/aromatic N) is 2. The lowest BCUT2D eigenvalue weighted by Gasteiger charge is -2.39. The number of urea groups is 1. The number of carboxylic acids is 1. The Morgan fingerprint density at radius 3 is 2.44 bits per heavy atom. The third kappa shape index (κ3) is 2.75. The first-order chi connectivity index (χ1) is 8.59. The van der Waals surface area contributed by atoms with E-state index in [2.05, 4.69) is 5.32 Å². The van der Waals surface area contributed by atoms with Crippen molar-refractivity contribution in [3.8, 4) is 0 Å². The van der Waals surface area contributed by atoms with E-state index in [0.717, 1.165) is 19.6 Å². The first-order valence-electron chi connectivity index (χ1n) is 6.58. The number of carbonyl (C=O) groups excluding carboxylic acids is 1. The molecule has 18 heavy (non-hydrogen) atoms. The van der Waals surface area contributed by atoms with Gasteiger partial charge in [-0.1, -0.05) is 0 Å². The molecule has 2 aliphatic heterocycles. The van der Waals surface area contributed by atoms with Gasteiger partial charge in [-0.2, -0.15) is 0 Å². The molecule has 2 aliphatic rings. The number of hydrogen-bond donors (Lipinski definition) is 2. The van der Waals surface area contributed by atoms with Crippen molar-refractivity contribution in [2.75, 3.05) is 32.7 Å². The number of rotatable bonds is 1. The molecule has 2 rings (SSSR count). The van der Waals surface area contributed by atoms with Gasteiger partial charge < -0.3 is 20.2 Å². The molecule has 2 N–H and O–H groups in total. The Hall–Kier alpha value is -1.30. The molecule has 0 aromatic rings. The molecule has 102 valence electrons. The molecular weight excluding hydrogens is 234 g/mol. The Balaban J connectivity index is 1.88. The van der Waals surface area contributed by atoms with Crippen molar-refractivity contribution in [1.29, 1.82) is 0 Å². The highest BCUT2D eigenvalue weighted by atomic mass is 16.4. The molecule has 0 bridgehead atoms. The number of hydrogen-bond acceptors (Lipinski definition) is 3. The van der Waals surface area contributed by atoms with Crippen LogP contribution in [0.2, 0.25) is 0 Å². The summed E-state index contributed by atoms with van der Waals surface area (Å²) in [5.74, 6) is -1.02. The van der Waals surface area contributed by atoms with Crippen LogP contribution in [0.15, 0.2) is 0 Å². The van der Waals surface area contributed by atoms with Gasteiger partial charge in [-0.3, -0.25) is 4.79 Å². The van der Waals surface area contributed by atoms with Crippen LogP contribution in [0.5, 0.6) is 0 Å². The summed E-state index contributed by atoms with van der Waals surface area (Å²) in [5, 5.41) is 12.2. The lowest BCUT2D eigenvalue weighted by Crippen LogP contribution is -2.57. The number of carbonyl (C=O) groups is 2. The van der Waals surface area contributed by atoms with Crippen LogP contribution in [-0.2, 0) is 4.79 Å². The van der Waals surface area contributed by atoms with Crippen molar-refractivity contribution in [3.63, 3.8) is 0 Å². The molecule has 0 radical (unpaired) electrons. The van der Waals surface area contributed by atoms with E-state index in [9.17, 15) is 9.59 Å². The van der Waals surface area contributed by atoms with E-state index in [0.29, 0.717) is 25.9 Å². The van der Waals surface area contributed by atoms with Crippen molar-refractivity contribution >= 4 is 12.0 Å². The fourth-order valence-corrected chi connectivity index (χ4v) is 2.62. The summed E-state index contributed by atoms with van der Waals surface area (Å²) in [5.41, 5.74) is 0. The predicted octanol–water partition coefficient (Wildman–Crippen LogP) is 0.197. The van der Waals surface area contributed by atoms with Gasteiger partial charge in [-0.05, 0) is 19.8 Å². The van der Waals surface area contributed by atoms with Gasteiger partial charge in [-0.15, -0.1) is 0 Å². The van der Waals surface area contributed by atoms with Gasteiger partial charge in [0.1, 0.15) is 0 Å². The lowest BCUT2D eigenvalue weighted by molar-refractivity contribution is -0.143. The number of nitrogens with one attached hydrogen (secondary N) is 1. The number of carboxylic acid groups (broad SMARTS) is 1. The largest absolute Gasteiger partial charge is 0.481 e. The average molecular weight is 255 g/mol. The minimum absolute atomic E-state index is 0.0628. The Kier molecular flexibility index (Phi) is 4.06. The quantitative estimate of drug-likeness (QED) is 0.702. The zero-order valence-electron chi connectivity index (χ0n) is 10.8. The van der Waals surface area contributed by atoms with E-state index in [-0.39, 0.29) is 18.0 Å². The summed E-state index contributed by atoms with van der Waals surface area (Å²) in [6.07, 6.45) is 1.14. The summed E-state index contributed by atoms with van der Waals surface area (Å²) < 4.78 is 0. The SMILES string of the molecule is C[C@@H]1CNCCN1C(=O)N1CCC(C(=O)O)CC1. The maximum absolute atomic E-state index is 12.3. The van der Waals surface area contributed by atoms with E-state index in [1.807, 2.05) is 11.8 Å². The van der Waals surface area contributed by atoms with E-state index in [1.54, 1.807) is 4.90 Å². The zero-order chi connectivity index (χ0) is 13.1. The molecule has 0 saturated carbocycles. The highest BCUT2D eigenvalue weighted by molar-refractivity contribution is 5.76. The van der Waals surface area contributed by atoms with Crippen molar-refractivity contribution in [2.45, 2.75) is 25.8 Å². The Bertz CT molecular complexity index is 327. The second kappa shape index (κ2) is 5.56. The second-order valence-corrected chi connectivity index (χ2v) is 5.13. The van der Waals surface area contributed by atoms with Gasteiger partial charge >= 0.3 is 12.0 Å². The second-order valence-electron chi connectivity index (χ2n) is 5.13. The monoisotopic (exact) mass is 255 g/mol. The summed E-state index contributed by atoms with van der Waals surface area (Å²) >= 11 is 0. The third-order valence-electron chi connectivity index (χ3n) is 3.86. The molecule has 2 heterocycles. The Morgan fingerprint density at radius 2 is 1.89 bits per heavy atom. The maximum Gasteiger partial charge on any atom is 0.320 e. The summed E-state index contributed by atoms with van der Waals surface area (Å²) in [4.78, 5) is 26.9. The molecule has 0 aromatic heterocycles. The molecule has 2 fully saturated rings. The van der Waals surface area contributed by atoms with Crippen LogP contribution in [-0.4, -0.2) is 65.7 Å². The number of aliphatic carboxylic acids is 1. The van der Waals surface area contributed by atoms with Crippen molar-refractivity contribution in [2.24, 2.45) is 5.92 Å². The highest BCUT2D eigenvalue weighted by Crippen LogP contribution is 2.19. The zero-order valence-corrected chi connectivity index (χ0v) is 10.8. The van der Waals surface area contributed by atoms with Gasteiger partial charge in [-0.25, -0.2) is 4.79 Å². The first kappa shape index (κ1) is 13.1. The van der Waals surface area contributed by atoms with Gasteiger partial charge in [0.25, 0.3) is 0 Å². The first-order valence-corrected chi connectivity index (χ1v) is 6.58. The van der Waals surface area contributed by atoms with Crippen molar-refractivity contribution in [1.82, 2.24) is 15.1 Å². The molecule has 6 nitrogen and oxygen atoms in total. The van der Waals surface area contributed by atoms with Crippen LogP contribution in [0.1, 0.15) is 19.8 Å². The maximum atomic E-state index is 12.3. The topological polar surface area (TPSA) is 72.9 Å². The Morgan fingerprint density at radius 1 is 1.22 bits per heavy atom. The van der Waals surface area contributed by atoms with Crippen LogP contribution in [0.4, 0.5) is 4.79 Å². The van der Waals surface area contributed by atoms with Crippen molar-refractivity contribution < 1.29 is 14.7 Å². The van der Waals surface area contributed by atoms with E-state index in [4.69, 9.17) is 5.11 Å². The van der Waals surface area contributed by atoms with Crippen LogP contribution in [0, 0.1) is 5.92 Å². The Labute approximate surface area is 107 Å². The summed E-state index contributed by atoms with van der Waals surface area (Å²) in [6.45, 7) is 5.56. The van der Waals surface area contributed by atoms with Gasteiger partial charge in [0, 0.05) is 38.8 Å². The van der Waals surface area contributed by atoms with E-state index < -0.39 is 5.97 Å². The van der Waals surface area contributed by atoms with Gasteiger partial charge in [0.15, 0.2) is 0 Å². The molecule has 2 saturated heterocycles. The van der Waals surface area contributed by atoms with E-state index >= 15 is 0 Å². The highest BCUT2D eigenvalue weighted by Gasteiger charge is 2.31. The minimum Gasteiger partial charge on any atom is -0.481 e. The fraction of sp³-hybridized carbons (Fsp3) is 0.833. The standard InChI is InChI=1S/C12H21N3O3/c1-9-8-13-4-7-15(9)12(18)14-5-2-10(3-6-14)11(16)17/h9-10,13H,2-8H2,1H3,(H,16,17)/t9-/m1/s1. The number of piperazine rings is 1. The molecule has 0 unspecified atom stereocenters. The number of likely N-dealkylation sites (tertiary alicyclic amines) is 1. The summed E-state index contributed by atoms with van der Waals surface area (Å²) in [6, 6.07) is 0.274. The van der Waals surface area contributed by atoms with Crippen LogP contribution < -0.4 is 5.32 Å². The van der Waals surface area contributed by atoms with Crippen molar-refractivity contribution in [3.05, 3.63) is 0 Å². The van der Waals surface area contributed by atoms with E-state index in [1.165, 1.54) is 0 Å². The van der Waals surface area contributed by atoms with Crippen LogP contribution >= 0.6 is 0 Å². The van der Waals surface area contributed by atoms with Gasteiger partial charge in [0.05, 0.1) is 5.92 Å². The summed E-state index contributed by atoms with van der Waals surface area (Å²) in [7, 11) is 0. The molecular formula is C12H21N3O3. The minimum atomic E-state index is -0.738.